The molecule has 1 fully saturated rings. The normalized spacial score (nSPS) is 20.1. The van der Waals surface area contributed by atoms with Crippen molar-refractivity contribution in [1.82, 2.24) is 5.32 Å². The first kappa shape index (κ1) is 64.4. The molecule has 1 aliphatic heterocycles. The zero-order valence-electron chi connectivity index (χ0n) is 44.0. The molecular weight excluding hydrogens is 863 g/mol. The maximum atomic E-state index is 13.1. The summed E-state index contributed by atoms with van der Waals surface area (Å²) in [4.78, 5) is 13.1. The van der Waals surface area contributed by atoms with E-state index in [1.807, 2.05) is 0 Å². The molecule has 7 atom stereocenters. The molecule has 6 N–H and O–H groups in total. The van der Waals surface area contributed by atoms with Crippen LogP contribution < -0.4 is 5.32 Å². The van der Waals surface area contributed by atoms with E-state index in [0.717, 1.165) is 89.9 Å². The number of amides is 1. The maximum absolute atomic E-state index is 13.1. The third-order valence-electron chi connectivity index (χ3n) is 13.0. The van der Waals surface area contributed by atoms with Gasteiger partial charge in [0.25, 0.3) is 0 Å². The molecule has 0 bridgehead atoms. The Morgan fingerprint density at radius 3 is 1.33 bits per heavy atom. The van der Waals surface area contributed by atoms with E-state index in [2.05, 4.69) is 104 Å². The van der Waals surface area contributed by atoms with Gasteiger partial charge in [-0.3, -0.25) is 4.79 Å². The van der Waals surface area contributed by atoms with Crippen molar-refractivity contribution in [1.29, 1.82) is 0 Å². The highest BCUT2D eigenvalue weighted by atomic mass is 16.7. The molecule has 0 aromatic rings. The molecule has 9 nitrogen and oxygen atoms in total. The van der Waals surface area contributed by atoms with Crippen LogP contribution >= 0.6 is 0 Å². The molecule has 0 aromatic carbocycles. The summed E-state index contributed by atoms with van der Waals surface area (Å²) in [6.07, 6.45) is 61.7. The van der Waals surface area contributed by atoms with Crippen LogP contribution in [-0.4, -0.2) is 87.5 Å². The predicted octanol–water partition coefficient (Wildman–Crippen LogP) is 13.8. The lowest BCUT2D eigenvalue weighted by Crippen LogP contribution is -2.60. The lowest BCUT2D eigenvalue weighted by atomic mass is 9.99. The number of rotatable bonds is 47. The van der Waals surface area contributed by atoms with Gasteiger partial charge in [0.05, 0.1) is 25.4 Å². The third-order valence-corrected chi connectivity index (χ3v) is 13.0. The van der Waals surface area contributed by atoms with E-state index in [9.17, 15) is 30.3 Å². The number of nitrogens with one attached hydrogen (secondary N) is 1. The number of ether oxygens (including phenoxy) is 2. The summed E-state index contributed by atoms with van der Waals surface area (Å²) >= 11 is 0. The Balaban J connectivity index is 2.20. The highest BCUT2D eigenvalue weighted by Crippen LogP contribution is 2.23. The van der Waals surface area contributed by atoms with E-state index in [0.29, 0.717) is 12.8 Å². The number of hydrogen-bond acceptors (Lipinski definition) is 8. The second-order valence-corrected chi connectivity index (χ2v) is 19.4. The highest BCUT2D eigenvalue weighted by Gasteiger charge is 2.44. The van der Waals surface area contributed by atoms with Gasteiger partial charge in [0.2, 0.25) is 5.91 Å². The zero-order valence-corrected chi connectivity index (χ0v) is 44.0. The molecule has 0 aliphatic carbocycles. The summed E-state index contributed by atoms with van der Waals surface area (Å²) in [7, 11) is 0. The van der Waals surface area contributed by atoms with E-state index in [1.165, 1.54) is 116 Å². The summed E-state index contributed by atoms with van der Waals surface area (Å²) in [5, 5.41) is 54.6. The topological polar surface area (TPSA) is 149 Å². The van der Waals surface area contributed by atoms with Gasteiger partial charge in [-0.05, 0) is 70.6 Å². The van der Waals surface area contributed by atoms with Crippen LogP contribution in [0.2, 0.25) is 0 Å². The average molecular weight is 968 g/mol. The van der Waals surface area contributed by atoms with E-state index < -0.39 is 49.5 Å². The summed E-state index contributed by atoms with van der Waals surface area (Å²) < 4.78 is 11.3. The largest absolute Gasteiger partial charge is 0.394 e. The van der Waals surface area contributed by atoms with Crippen LogP contribution in [0, 0.1) is 0 Å². The molecule has 0 aromatic heterocycles. The van der Waals surface area contributed by atoms with Crippen molar-refractivity contribution in [3.05, 3.63) is 85.1 Å². The molecule has 7 unspecified atom stereocenters. The molecule has 0 saturated carbocycles. The van der Waals surface area contributed by atoms with Gasteiger partial charge >= 0.3 is 0 Å². The summed E-state index contributed by atoms with van der Waals surface area (Å²) in [5.41, 5.74) is 0. The van der Waals surface area contributed by atoms with Gasteiger partial charge in [-0.25, -0.2) is 0 Å². The summed E-state index contributed by atoms with van der Waals surface area (Å²) in [6, 6.07) is -0.727. The van der Waals surface area contributed by atoms with Gasteiger partial charge in [0.15, 0.2) is 6.29 Å². The van der Waals surface area contributed by atoms with Crippen LogP contribution in [0.4, 0.5) is 0 Å². The number of hydrogen-bond donors (Lipinski definition) is 6. The minimum Gasteiger partial charge on any atom is -0.394 e. The summed E-state index contributed by atoms with van der Waals surface area (Å²) in [5.74, 6) is -0.153. The Bertz CT molecular complexity index is 1350. The number of allylic oxidation sites excluding steroid dienone is 14. The lowest BCUT2D eigenvalue weighted by Gasteiger charge is -2.40. The van der Waals surface area contributed by atoms with Crippen LogP contribution in [-0.2, 0) is 14.3 Å². The Labute approximate surface area is 422 Å². The van der Waals surface area contributed by atoms with E-state index in [1.54, 1.807) is 0 Å². The molecule has 0 radical (unpaired) electrons. The fraction of sp³-hybridized carbons (Fsp3) is 0.750. The van der Waals surface area contributed by atoms with Crippen LogP contribution in [0.15, 0.2) is 85.1 Å². The van der Waals surface area contributed by atoms with Crippen molar-refractivity contribution in [2.75, 3.05) is 13.2 Å². The Morgan fingerprint density at radius 1 is 0.507 bits per heavy atom. The Kier molecular flexibility index (Phi) is 45.7. The molecule has 1 aliphatic rings. The van der Waals surface area contributed by atoms with Gasteiger partial charge in [0.1, 0.15) is 24.4 Å². The van der Waals surface area contributed by atoms with Crippen molar-refractivity contribution >= 4 is 5.91 Å². The average Bonchev–Trinajstić information content (AvgIpc) is 3.35. The van der Waals surface area contributed by atoms with Gasteiger partial charge in [0, 0.05) is 6.42 Å². The number of carbonyl (C=O) groups excluding carboxylic acids is 1. The van der Waals surface area contributed by atoms with Crippen LogP contribution in [0.1, 0.15) is 232 Å². The standard InChI is InChI=1S/C60H105NO8/c1-3-5-7-9-11-13-15-17-19-20-21-22-23-24-25-26-27-28-29-30-31-32-33-34-36-38-40-42-44-46-48-50-56(64)61-53(52-68-60-59(67)58(66)57(65)55(51-62)69-60)54(63)49-47-45-43-41-39-37-35-18-16-14-12-10-8-6-4-2/h5,7,11,13,17,19,21-22,24-25,27-28,30-31,53-55,57-60,62-63,65-67H,3-4,6,8-10,12,14-16,18,20,23,26,29,32-52H2,1-2H3,(H,61,64)/b7-5-,13-11-,19-17-,22-21-,25-24-,28-27-,31-30-. The molecule has 1 heterocycles. The Morgan fingerprint density at radius 2 is 0.899 bits per heavy atom. The SMILES string of the molecule is CC/C=C\C/C=C\C/C=C\C/C=C\C/C=C\C/C=C\C/C=C\CCCCCCCCCCCC(=O)NC(COC1OC(CO)C(O)C(O)C1O)C(O)CCCCCCCCCCCCCCCCC. The second-order valence-electron chi connectivity index (χ2n) is 19.4. The smallest absolute Gasteiger partial charge is 0.220 e. The molecule has 0 spiro atoms. The van der Waals surface area contributed by atoms with Crippen LogP contribution in [0.25, 0.3) is 0 Å². The minimum absolute atomic E-state index is 0.144. The summed E-state index contributed by atoms with van der Waals surface area (Å²) in [6.45, 7) is 3.72. The molecule has 1 amide bonds. The second kappa shape index (κ2) is 49.0. The van der Waals surface area contributed by atoms with Gasteiger partial charge in [-0.2, -0.15) is 0 Å². The quantitative estimate of drug-likeness (QED) is 0.0261. The van der Waals surface area contributed by atoms with Gasteiger partial charge in [-0.1, -0.05) is 240 Å². The molecule has 69 heavy (non-hydrogen) atoms. The lowest BCUT2D eigenvalue weighted by molar-refractivity contribution is -0.302. The highest BCUT2D eigenvalue weighted by molar-refractivity contribution is 5.76. The van der Waals surface area contributed by atoms with Crippen molar-refractivity contribution in [3.8, 4) is 0 Å². The molecule has 1 saturated heterocycles. The number of aliphatic hydroxyl groups excluding tert-OH is 5. The number of aliphatic hydroxyl groups is 5. The molecule has 1 rings (SSSR count). The zero-order chi connectivity index (χ0) is 50.1. The van der Waals surface area contributed by atoms with Crippen molar-refractivity contribution in [2.24, 2.45) is 0 Å². The van der Waals surface area contributed by atoms with Crippen molar-refractivity contribution in [3.63, 3.8) is 0 Å². The molecule has 398 valence electrons. The molecule has 9 heteroatoms. The van der Waals surface area contributed by atoms with Crippen molar-refractivity contribution in [2.45, 2.75) is 275 Å². The van der Waals surface area contributed by atoms with Crippen LogP contribution in [0.5, 0.6) is 0 Å². The van der Waals surface area contributed by atoms with Crippen LogP contribution in [0.3, 0.4) is 0 Å². The first-order valence-corrected chi connectivity index (χ1v) is 28.3. The van der Waals surface area contributed by atoms with E-state index >= 15 is 0 Å². The first-order valence-electron chi connectivity index (χ1n) is 28.3. The minimum atomic E-state index is -1.56. The van der Waals surface area contributed by atoms with Gasteiger partial charge in [-0.15, -0.1) is 0 Å². The monoisotopic (exact) mass is 968 g/mol. The number of unbranched alkanes of at least 4 members (excludes halogenated alkanes) is 23. The third kappa shape index (κ3) is 38.7. The fourth-order valence-electron chi connectivity index (χ4n) is 8.55. The Hall–Kier alpha value is -2.63. The number of carbonyl (C=O) groups is 1. The van der Waals surface area contributed by atoms with Gasteiger partial charge < -0.3 is 40.3 Å². The van der Waals surface area contributed by atoms with E-state index in [-0.39, 0.29) is 12.5 Å². The first-order chi connectivity index (χ1) is 33.8. The predicted molar refractivity (Wildman–Crippen MR) is 290 cm³/mol. The maximum Gasteiger partial charge on any atom is 0.220 e. The fourth-order valence-corrected chi connectivity index (χ4v) is 8.55. The van der Waals surface area contributed by atoms with Crippen molar-refractivity contribution < 1.29 is 39.8 Å². The molecular formula is C60H105NO8. The van der Waals surface area contributed by atoms with E-state index in [4.69, 9.17) is 9.47 Å².